The fraction of sp³-hybridized carbons (Fsp3) is 0.464. The lowest BCUT2D eigenvalue weighted by Crippen LogP contribution is -2.48. The monoisotopic (exact) mass is 543 g/mol. The Hall–Kier alpha value is -3.40. The first-order valence-electron chi connectivity index (χ1n) is 12.7. The van der Waals surface area contributed by atoms with E-state index < -0.39 is 23.8 Å². The highest BCUT2D eigenvalue weighted by Crippen LogP contribution is 2.34. The van der Waals surface area contributed by atoms with E-state index in [0.29, 0.717) is 43.8 Å². The first-order chi connectivity index (χ1) is 18.0. The van der Waals surface area contributed by atoms with Crippen molar-refractivity contribution in [3.63, 3.8) is 0 Å². The summed E-state index contributed by atoms with van der Waals surface area (Å²) in [5.74, 6) is 1.14. The molecular formula is C28H37N3O6S. The Balaban J connectivity index is 1.68. The molecule has 2 aromatic carbocycles. The lowest BCUT2D eigenvalue weighted by atomic mass is 9.90. The van der Waals surface area contributed by atoms with Gasteiger partial charge in [0.05, 0.1) is 7.11 Å². The van der Waals surface area contributed by atoms with Crippen molar-refractivity contribution in [1.82, 2.24) is 10.2 Å². The second-order valence-corrected chi connectivity index (χ2v) is 11.3. The molecule has 1 aliphatic heterocycles. The number of carbonyl (C=O) groups is 3. The Morgan fingerprint density at radius 1 is 1.11 bits per heavy atom. The molecule has 38 heavy (non-hydrogen) atoms. The molecule has 0 radical (unpaired) electrons. The molecule has 9 nitrogen and oxygen atoms in total. The average molecular weight is 544 g/mol. The Morgan fingerprint density at radius 2 is 1.79 bits per heavy atom. The first kappa shape index (κ1) is 29.2. The van der Waals surface area contributed by atoms with Crippen LogP contribution in [0.2, 0.25) is 0 Å². The van der Waals surface area contributed by atoms with Gasteiger partial charge in [-0.2, -0.15) is 0 Å². The van der Waals surface area contributed by atoms with Crippen LogP contribution in [0.15, 0.2) is 53.4 Å². The van der Waals surface area contributed by atoms with Crippen LogP contribution in [-0.4, -0.2) is 59.9 Å². The fourth-order valence-electron chi connectivity index (χ4n) is 4.20. The van der Waals surface area contributed by atoms with Crippen molar-refractivity contribution in [1.29, 1.82) is 0 Å². The molecule has 1 aliphatic rings. The molecule has 0 saturated carbocycles. The zero-order valence-corrected chi connectivity index (χ0v) is 23.2. The van der Waals surface area contributed by atoms with Crippen LogP contribution in [0.5, 0.6) is 5.75 Å². The maximum atomic E-state index is 13.3. The number of hydrogen-bond donors (Lipinski definition) is 3. The number of carboxylic acid groups (broad SMARTS) is 1. The molecule has 0 aliphatic carbocycles. The predicted octanol–water partition coefficient (Wildman–Crippen LogP) is 5.60. The van der Waals surface area contributed by atoms with Gasteiger partial charge in [0.25, 0.3) is 0 Å². The number of anilines is 1. The number of rotatable bonds is 9. The topological polar surface area (TPSA) is 117 Å². The highest BCUT2D eigenvalue weighted by molar-refractivity contribution is 7.98. The van der Waals surface area contributed by atoms with Crippen molar-refractivity contribution >= 4 is 35.5 Å². The van der Waals surface area contributed by atoms with E-state index in [1.54, 1.807) is 45.7 Å². The van der Waals surface area contributed by atoms with E-state index in [9.17, 15) is 19.5 Å². The molecule has 0 spiro atoms. The van der Waals surface area contributed by atoms with Crippen LogP contribution in [0.25, 0.3) is 0 Å². The van der Waals surface area contributed by atoms with Crippen LogP contribution in [-0.2, 0) is 15.3 Å². The Kier molecular flexibility index (Phi) is 10.3. The Bertz CT molecular complexity index is 1100. The van der Waals surface area contributed by atoms with Gasteiger partial charge in [0.15, 0.2) is 0 Å². The third kappa shape index (κ3) is 9.16. The highest BCUT2D eigenvalue weighted by atomic mass is 32.2. The number of hydrogen-bond acceptors (Lipinski definition) is 6. The highest BCUT2D eigenvalue weighted by Gasteiger charge is 2.30. The smallest absolute Gasteiger partial charge is 0.408 e. The maximum Gasteiger partial charge on any atom is 0.408 e. The van der Waals surface area contributed by atoms with E-state index in [2.05, 4.69) is 22.8 Å². The third-order valence-corrected chi connectivity index (χ3v) is 7.26. The van der Waals surface area contributed by atoms with Crippen molar-refractivity contribution < 1.29 is 29.0 Å². The number of benzene rings is 2. The minimum atomic E-state index is -0.941. The van der Waals surface area contributed by atoms with Gasteiger partial charge < -0.3 is 30.1 Å². The van der Waals surface area contributed by atoms with Gasteiger partial charge in [-0.25, -0.2) is 9.59 Å². The van der Waals surface area contributed by atoms with Crippen molar-refractivity contribution in [2.24, 2.45) is 5.92 Å². The van der Waals surface area contributed by atoms with Crippen LogP contribution in [0, 0.1) is 5.92 Å². The molecule has 0 aromatic heterocycles. The summed E-state index contributed by atoms with van der Waals surface area (Å²) in [5.41, 5.74) is 1.04. The number of ether oxygens (including phenoxy) is 2. The summed E-state index contributed by atoms with van der Waals surface area (Å²) in [5, 5.41) is 14.8. The second-order valence-electron chi connectivity index (χ2n) is 10.3. The summed E-state index contributed by atoms with van der Waals surface area (Å²) in [6.07, 6.45) is -0.00366. The van der Waals surface area contributed by atoms with Crippen LogP contribution < -0.4 is 15.4 Å². The number of piperidine rings is 1. The molecule has 206 valence electrons. The van der Waals surface area contributed by atoms with Crippen molar-refractivity contribution in [3.05, 3.63) is 54.1 Å². The number of amides is 3. The van der Waals surface area contributed by atoms with Gasteiger partial charge in [0.2, 0.25) is 5.91 Å². The Labute approximate surface area is 228 Å². The molecule has 3 rings (SSSR count). The van der Waals surface area contributed by atoms with Crippen LogP contribution >= 0.6 is 11.8 Å². The van der Waals surface area contributed by atoms with E-state index >= 15 is 0 Å². The van der Waals surface area contributed by atoms with E-state index in [1.165, 1.54) is 10.5 Å². The molecule has 10 heteroatoms. The van der Waals surface area contributed by atoms with E-state index in [4.69, 9.17) is 9.47 Å². The van der Waals surface area contributed by atoms with E-state index in [-0.39, 0.29) is 11.8 Å². The minimum absolute atomic E-state index is 0.0857. The first-order valence-corrected chi connectivity index (χ1v) is 13.7. The summed E-state index contributed by atoms with van der Waals surface area (Å²) in [6, 6.07) is 14.8. The van der Waals surface area contributed by atoms with Gasteiger partial charge in [-0.15, -0.1) is 11.8 Å². The minimum Gasteiger partial charge on any atom is -0.496 e. The predicted molar refractivity (Wildman–Crippen MR) is 148 cm³/mol. The largest absolute Gasteiger partial charge is 0.496 e. The molecule has 1 heterocycles. The van der Waals surface area contributed by atoms with Gasteiger partial charge in [0.1, 0.15) is 17.4 Å². The number of methoxy groups -OCH3 is 1. The summed E-state index contributed by atoms with van der Waals surface area (Å²) in [6.45, 7) is 6.08. The molecule has 3 amide bonds. The molecular weight excluding hydrogens is 506 g/mol. The summed E-state index contributed by atoms with van der Waals surface area (Å²) in [7, 11) is 1.59. The zero-order valence-electron chi connectivity index (χ0n) is 22.4. The van der Waals surface area contributed by atoms with Crippen molar-refractivity contribution in [3.8, 4) is 5.75 Å². The normalized spacial score (nSPS) is 14.9. The van der Waals surface area contributed by atoms with Gasteiger partial charge in [-0.05, 0) is 63.6 Å². The van der Waals surface area contributed by atoms with Gasteiger partial charge in [0, 0.05) is 35.5 Å². The summed E-state index contributed by atoms with van der Waals surface area (Å²) in [4.78, 5) is 39.4. The van der Waals surface area contributed by atoms with Crippen LogP contribution in [0.4, 0.5) is 15.3 Å². The lowest BCUT2D eigenvalue weighted by molar-refractivity contribution is -0.118. The Morgan fingerprint density at radius 3 is 2.39 bits per heavy atom. The molecule has 0 bridgehead atoms. The third-order valence-electron chi connectivity index (χ3n) is 6.13. The molecule has 0 unspecified atom stereocenters. The number of carbonyl (C=O) groups excluding carboxylic acids is 2. The van der Waals surface area contributed by atoms with Crippen molar-refractivity contribution in [2.45, 2.75) is 62.3 Å². The quantitative estimate of drug-likeness (QED) is 0.353. The average Bonchev–Trinajstić information content (AvgIpc) is 2.87. The standard InChI is InChI=1S/C28H37N3O6S/c1-28(2,3)37-26(33)30-22(16-19-12-14-31(15-13-19)27(34)35)25(32)29-21-10-11-24(23(17-21)36-4)38-18-20-8-6-5-7-9-20/h5-11,17,19,22H,12-16,18H2,1-4H3,(H,29,32)(H,30,33)(H,34,35)/t22-/m0/s1. The van der Waals surface area contributed by atoms with Crippen molar-refractivity contribution in [2.75, 3.05) is 25.5 Å². The zero-order chi connectivity index (χ0) is 27.7. The molecule has 2 aromatic rings. The molecule has 3 N–H and O–H groups in total. The summed E-state index contributed by atoms with van der Waals surface area (Å²) < 4.78 is 11.0. The van der Waals surface area contributed by atoms with Crippen LogP contribution in [0.3, 0.4) is 0 Å². The summed E-state index contributed by atoms with van der Waals surface area (Å²) >= 11 is 1.64. The number of likely N-dealkylation sites (tertiary alicyclic amines) is 1. The maximum absolute atomic E-state index is 13.3. The van der Waals surface area contributed by atoms with Gasteiger partial charge >= 0.3 is 12.2 Å². The molecule has 1 saturated heterocycles. The van der Waals surface area contributed by atoms with Gasteiger partial charge in [-0.3, -0.25) is 4.79 Å². The number of nitrogens with one attached hydrogen (secondary N) is 2. The number of alkyl carbamates (subject to hydrolysis) is 1. The van der Waals surface area contributed by atoms with E-state index in [1.807, 2.05) is 30.3 Å². The SMILES string of the molecule is COc1cc(NC(=O)[C@H](CC2CCN(C(=O)O)CC2)NC(=O)OC(C)(C)C)ccc1SCc1ccccc1. The lowest BCUT2D eigenvalue weighted by Gasteiger charge is -2.32. The second kappa shape index (κ2) is 13.4. The fourth-order valence-corrected chi connectivity index (χ4v) is 5.17. The molecule has 1 atom stereocenters. The van der Waals surface area contributed by atoms with Crippen LogP contribution in [0.1, 0.15) is 45.6 Å². The van der Waals surface area contributed by atoms with E-state index in [0.717, 1.165) is 10.6 Å². The number of thioether (sulfide) groups is 1. The van der Waals surface area contributed by atoms with Gasteiger partial charge in [-0.1, -0.05) is 30.3 Å². The number of nitrogens with zero attached hydrogens (tertiary/aromatic N) is 1. The molecule has 1 fully saturated rings.